The molecular formula is C13H24N2O4. The van der Waals surface area contributed by atoms with Crippen molar-refractivity contribution in [2.45, 2.75) is 57.6 Å². The van der Waals surface area contributed by atoms with Gasteiger partial charge in [-0.25, -0.2) is 9.59 Å². The summed E-state index contributed by atoms with van der Waals surface area (Å²) in [6.45, 7) is 6.54. The molecule has 3 N–H and O–H groups in total. The number of aliphatic carboxylic acids is 1. The molecule has 1 fully saturated rings. The molecule has 6 nitrogen and oxygen atoms in total. The zero-order valence-electron chi connectivity index (χ0n) is 11.9. The smallest absolute Gasteiger partial charge is 0.329 e. The monoisotopic (exact) mass is 272 g/mol. The van der Waals surface area contributed by atoms with Gasteiger partial charge in [-0.3, -0.25) is 0 Å². The number of ether oxygens (including phenoxy) is 1. The summed E-state index contributed by atoms with van der Waals surface area (Å²) in [7, 11) is 0. The van der Waals surface area contributed by atoms with Crippen LogP contribution in [0.3, 0.4) is 0 Å². The Labute approximate surface area is 113 Å². The third-order valence-corrected chi connectivity index (χ3v) is 3.43. The van der Waals surface area contributed by atoms with Gasteiger partial charge in [0.25, 0.3) is 0 Å². The average molecular weight is 272 g/mol. The van der Waals surface area contributed by atoms with Crippen LogP contribution in [0.5, 0.6) is 0 Å². The van der Waals surface area contributed by atoms with Crippen LogP contribution in [-0.4, -0.2) is 41.4 Å². The van der Waals surface area contributed by atoms with Crippen LogP contribution in [0.15, 0.2) is 0 Å². The van der Waals surface area contributed by atoms with Gasteiger partial charge in [-0.15, -0.1) is 0 Å². The molecule has 0 aromatic heterocycles. The van der Waals surface area contributed by atoms with E-state index in [1.54, 1.807) is 0 Å². The summed E-state index contributed by atoms with van der Waals surface area (Å²) in [6.07, 6.45) is 2.64. The molecule has 6 heteroatoms. The summed E-state index contributed by atoms with van der Waals surface area (Å²) in [5.74, 6) is -0.954. The highest BCUT2D eigenvalue weighted by Crippen LogP contribution is 2.29. The van der Waals surface area contributed by atoms with Gasteiger partial charge in [0, 0.05) is 13.2 Å². The van der Waals surface area contributed by atoms with Crippen molar-refractivity contribution in [1.82, 2.24) is 10.6 Å². The number of carboxylic acids is 1. The fraction of sp³-hybridized carbons (Fsp3) is 0.846. The van der Waals surface area contributed by atoms with E-state index >= 15 is 0 Å². The number of carbonyl (C=O) groups excluding carboxylic acids is 1. The standard InChI is InChI=1S/C13H24N2O4/c1-4-19-12(2,3)9-14-11(18)15-13(10(16)17)7-5-6-8-13/h4-9H2,1-3H3,(H,16,17)(H2,14,15,18). The Kier molecular flexibility index (Phi) is 5.17. The first-order valence-electron chi connectivity index (χ1n) is 6.75. The maximum Gasteiger partial charge on any atom is 0.329 e. The Hall–Kier alpha value is -1.30. The molecule has 0 aromatic carbocycles. The van der Waals surface area contributed by atoms with E-state index in [2.05, 4.69) is 10.6 Å². The van der Waals surface area contributed by atoms with Crippen LogP contribution in [0.4, 0.5) is 4.79 Å². The van der Waals surface area contributed by atoms with Crippen molar-refractivity contribution in [3.05, 3.63) is 0 Å². The van der Waals surface area contributed by atoms with Gasteiger partial charge in [-0.05, 0) is 33.6 Å². The maximum absolute atomic E-state index is 11.8. The van der Waals surface area contributed by atoms with Crippen molar-refractivity contribution in [2.24, 2.45) is 0 Å². The predicted molar refractivity (Wildman–Crippen MR) is 71.1 cm³/mol. The molecule has 19 heavy (non-hydrogen) atoms. The number of carbonyl (C=O) groups is 2. The van der Waals surface area contributed by atoms with Gasteiger partial charge in [0.2, 0.25) is 0 Å². The highest BCUT2D eigenvalue weighted by molar-refractivity contribution is 5.86. The van der Waals surface area contributed by atoms with E-state index in [4.69, 9.17) is 4.74 Å². The molecule has 1 aliphatic carbocycles. The topological polar surface area (TPSA) is 87.7 Å². The molecule has 0 radical (unpaired) electrons. The van der Waals surface area contributed by atoms with Crippen molar-refractivity contribution in [3.8, 4) is 0 Å². The van der Waals surface area contributed by atoms with Crippen molar-refractivity contribution >= 4 is 12.0 Å². The fourth-order valence-corrected chi connectivity index (χ4v) is 2.37. The van der Waals surface area contributed by atoms with Crippen molar-refractivity contribution in [1.29, 1.82) is 0 Å². The SMILES string of the molecule is CCOC(C)(C)CNC(=O)NC1(C(=O)O)CCCC1. The molecule has 0 aliphatic heterocycles. The average Bonchev–Trinajstić information content (AvgIpc) is 2.76. The summed E-state index contributed by atoms with van der Waals surface area (Å²) >= 11 is 0. The molecule has 110 valence electrons. The summed E-state index contributed by atoms with van der Waals surface area (Å²) in [6, 6.07) is -0.447. The minimum Gasteiger partial charge on any atom is -0.480 e. The summed E-state index contributed by atoms with van der Waals surface area (Å²) < 4.78 is 5.46. The van der Waals surface area contributed by atoms with Gasteiger partial charge in [0.1, 0.15) is 5.54 Å². The molecule has 0 unspecified atom stereocenters. The van der Waals surface area contributed by atoms with Crippen LogP contribution in [0.25, 0.3) is 0 Å². The van der Waals surface area contributed by atoms with Gasteiger partial charge in [0.15, 0.2) is 0 Å². The first kappa shape index (κ1) is 15.8. The molecule has 1 rings (SSSR count). The summed E-state index contributed by atoms with van der Waals surface area (Å²) in [5, 5.41) is 14.5. The molecule has 1 aliphatic rings. The number of amides is 2. The van der Waals surface area contributed by atoms with E-state index in [-0.39, 0.29) is 0 Å². The number of urea groups is 1. The molecule has 0 aromatic rings. The lowest BCUT2D eigenvalue weighted by molar-refractivity contribution is -0.144. The highest BCUT2D eigenvalue weighted by Gasteiger charge is 2.42. The molecule has 0 atom stereocenters. The molecular weight excluding hydrogens is 248 g/mol. The van der Waals surface area contributed by atoms with E-state index in [1.807, 2.05) is 20.8 Å². The zero-order valence-corrected chi connectivity index (χ0v) is 11.9. The minimum atomic E-state index is -1.10. The fourth-order valence-electron chi connectivity index (χ4n) is 2.37. The van der Waals surface area contributed by atoms with Crippen LogP contribution >= 0.6 is 0 Å². The van der Waals surface area contributed by atoms with Crippen molar-refractivity contribution in [3.63, 3.8) is 0 Å². The summed E-state index contributed by atoms with van der Waals surface area (Å²) in [5.41, 5.74) is -1.56. The van der Waals surface area contributed by atoms with Crippen molar-refractivity contribution in [2.75, 3.05) is 13.2 Å². The number of rotatable bonds is 6. The lowest BCUT2D eigenvalue weighted by Crippen LogP contribution is -2.57. The Morgan fingerprint density at radius 3 is 2.37 bits per heavy atom. The largest absolute Gasteiger partial charge is 0.480 e. The second-order valence-corrected chi connectivity index (χ2v) is 5.59. The van der Waals surface area contributed by atoms with Crippen LogP contribution < -0.4 is 10.6 Å². The first-order valence-corrected chi connectivity index (χ1v) is 6.75. The second kappa shape index (κ2) is 6.23. The summed E-state index contributed by atoms with van der Waals surface area (Å²) in [4.78, 5) is 23.1. The van der Waals surface area contributed by atoms with Gasteiger partial charge >= 0.3 is 12.0 Å². The minimum absolute atomic E-state index is 0.336. The molecule has 0 spiro atoms. The highest BCUT2D eigenvalue weighted by atomic mass is 16.5. The number of hydrogen-bond acceptors (Lipinski definition) is 3. The third kappa shape index (κ3) is 4.38. The van der Waals surface area contributed by atoms with E-state index in [0.29, 0.717) is 26.0 Å². The van der Waals surface area contributed by atoms with Gasteiger partial charge < -0.3 is 20.5 Å². The Morgan fingerprint density at radius 2 is 1.89 bits per heavy atom. The third-order valence-electron chi connectivity index (χ3n) is 3.43. The second-order valence-electron chi connectivity index (χ2n) is 5.59. The maximum atomic E-state index is 11.8. The van der Waals surface area contributed by atoms with E-state index in [1.165, 1.54) is 0 Å². The van der Waals surface area contributed by atoms with Crippen LogP contribution in [0.1, 0.15) is 46.5 Å². The zero-order chi connectivity index (χ0) is 14.5. The number of hydrogen-bond donors (Lipinski definition) is 3. The van der Waals surface area contributed by atoms with Gasteiger partial charge in [-0.1, -0.05) is 12.8 Å². The van der Waals surface area contributed by atoms with Gasteiger partial charge in [-0.2, -0.15) is 0 Å². The normalized spacial score (nSPS) is 18.1. The lowest BCUT2D eigenvalue weighted by atomic mass is 9.98. The van der Waals surface area contributed by atoms with E-state index in [0.717, 1.165) is 12.8 Å². The van der Waals surface area contributed by atoms with Crippen LogP contribution in [0.2, 0.25) is 0 Å². The van der Waals surface area contributed by atoms with Crippen LogP contribution in [0, 0.1) is 0 Å². The molecule has 1 saturated carbocycles. The quantitative estimate of drug-likeness (QED) is 0.683. The lowest BCUT2D eigenvalue weighted by Gasteiger charge is -2.28. The Morgan fingerprint density at radius 1 is 1.32 bits per heavy atom. The molecule has 0 bridgehead atoms. The van der Waals surface area contributed by atoms with Crippen molar-refractivity contribution < 1.29 is 19.4 Å². The first-order chi connectivity index (χ1) is 8.81. The molecule has 0 heterocycles. The Bertz CT molecular complexity index is 336. The number of nitrogens with one attached hydrogen (secondary N) is 2. The predicted octanol–water partition coefficient (Wildman–Crippen LogP) is 1.50. The molecule has 0 saturated heterocycles. The van der Waals surface area contributed by atoms with E-state index < -0.39 is 23.1 Å². The Balaban J connectivity index is 2.48. The van der Waals surface area contributed by atoms with E-state index in [9.17, 15) is 14.7 Å². The van der Waals surface area contributed by atoms with Crippen LogP contribution in [-0.2, 0) is 9.53 Å². The number of carboxylic acid groups (broad SMARTS) is 1. The van der Waals surface area contributed by atoms with Gasteiger partial charge in [0.05, 0.1) is 5.60 Å². The molecule has 2 amide bonds.